The van der Waals surface area contributed by atoms with E-state index in [9.17, 15) is 9.90 Å². The summed E-state index contributed by atoms with van der Waals surface area (Å²) < 4.78 is 6.65. The fourth-order valence-electron chi connectivity index (χ4n) is 4.49. The third-order valence-electron chi connectivity index (χ3n) is 6.96. The number of phenolic OH excluding ortho intramolecular Hbond substituents is 1. The van der Waals surface area contributed by atoms with E-state index in [1.807, 2.05) is 0 Å². The molecule has 0 unspecified atom stereocenters. The van der Waals surface area contributed by atoms with Crippen molar-refractivity contribution in [2.24, 2.45) is 0 Å². The Balaban J connectivity index is 1.99. The van der Waals surface area contributed by atoms with Gasteiger partial charge in [-0.1, -0.05) is 90.1 Å². The monoisotopic (exact) mass is 526 g/mol. The van der Waals surface area contributed by atoms with Gasteiger partial charge in [-0.3, -0.25) is 0 Å². The van der Waals surface area contributed by atoms with E-state index in [0.29, 0.717) is 17.8 Å². The molecule has 0 fully saturated rings. The van der Waals surface area contributed by atoms with Crippen molar-refractivity contribution in [3.8, 4) is 5.75 Å². The van der Waals surface area contributed by atoms with Gasteiger partial charge in [-0.25, -0.2) is 4.79 Å². The smallest absolute Gasteiger partial charge is 0.353 e. The number of para-hydroxylation sites is 1. The molecule has 0 aliphatic rings. The molecule has 0 amide bonds. The second-order valence-electron chi connectivity index (χ2n) is 10.6. The molecule has 4 heteroatoms. The topological polar surface area (TPSA) is 46.5 Å². The van der Waals surface area contributed by atoms with Gasteiger partial charge in [-0.2, -0.15) is 0 Å². The fourth-order valence-corrected chi connectivity index (χ4v) is 7.47. The predicted molar refractivity (Wildman–Crippen MR) is 158 cm³/mol. The molecule has 0 aromatic heterocycles. The van der Waals surface area contributed by atoms with Gasteiger partial charge in [0.2, 0.25) is 0 Å². The lowest BCUT2D eigenvalue weighted by Crippen LogP contribution is -2.14. The van der Waals surface area contributed by atoms with E-state index in [-0.39, 0.29) is 11.3 Å². The minimum absolute atomic E-state index is 0.0914. The molecule has 1 N–H and O–H groups in total. The van der Waals surface area contributed by atoms with Gasteiger partial charge in [0.1, 0.15) is 11.3 Å². The van der Waals surface area contributed by atoms with Gasteiger partial charge in [0, 0.05) is 14.7 Å². The first-order chi connectivity index (χ1) is 18.1. The molecule has 4 rings (SSSR count). The van der Waals surface area contributed by atoms with Crippen LogP contribution in [0.25, 0.3) is 0 Å². The molecular weight excluding hydrogens is 488 g/mol. The van der Waals surface area contributed by atoms with Gasteiger partial charge >= 0.3 is 5.97 Å². The number of carbonyl (C=O) groups excluding carboxylic acids is 1. The van der Waals surface area contributed by atoms with E-state index in [4.69, 9.17) is 4.18 Å². The summed E-state index contributed by atoms with van der Waals surface area (Å²) in [5, 5.41) is 10.5. The van der Waals surface area contributed by atoms with Crippen LogP contribution in [0, 0.1) is 0 Å². The van der Waals surface area contributed by atoms with Gasteiger partial charge in [0.15, 0.2) is 0 Å². The van der Waals surface area contributed by atoms with Crippen LogP contribution < -0.4 is 0 Å². The summed E-state index contributed by atoms with van der Waals surface area (Å²) >= 11 is 0. The highest BCUT2D eigenvalue weighted by Crippen LogP contribution is 2.69. The molecule has 0 atom stereocenters. The number of rotatable bonds is 8. The van der Waals surface area contributed by atoms with Gasteiger partial charge in [0.05, 0.1) is 0 Å². The lowest BCUT2D eigenvalue weighted by molar-refractivity contribution is 0.0754. The molecular formula is C34H38O3S. The van der Waals surface area contributed by atoms with Crippen LogP contribution in [0.1, 0.15) is 86.3 Å². The van der Waals surface area contributed by atoms with Gasteiger partial charge < -0.3 is 9.29 Å². The van der Waals surface area contributed by atoms with Crippen LogP contribution in [-0.4, -0.2) is 11.1 Å². The number of aromatic hydroxyl groups is 1. The first kappa shape index (κ1) is 27.5. The minimum atomic E-state index is -2.48. The first-order valence-electron chi connectivity index (χ1n) is 13.3. The van der Waals surface area contributed by atoms with Crippen molar-refractivity contribution < 1.29 is 14.1 Å². The quantitative estimate of drug-likeness (QED) is 0.248. The lowest BCUT2D eigenvalue weighted by atomic mass is 10.0. The van der Waals surface area contributed by atoms with E-state index in [2.05, 4.69) is 114 Å². The van der Waals surface area contributed by atoms with Crippen LogP contribution in [0.2, 0.25) is 0 Å². The summed E-state index contributed by atoms with van der Waals surface area (Å²) in [4.78, 5) is 16.6. The van der Waals surface area contributed by atoms with E-state index in [1.54, 1.807) is 18.2 Å². The molecule has 3 nitrogen and oxygen atoms in total. The molecule has 198 valence electrons. The molecule has 38 heavy (non-hydrogen) atoms. The van der Waals surface area contributed by atoms with Crippen LogP contribution in [0.15, 0.2) is 112 Å². The summed E-state index contributed by atoms with van der Waals surface area (Å²) in [5.74, 6) is 0.506. The van der Waals surface area contributed by atoms with Crippen molar-refractivity contribution in [2.75, 3.05) is 0 Å². The van der Waals surface area contributed by atoms with Crippen LogP contribution >= 0.6 is 10.3 Å². The molecule has 0 saturated carbocycles. The van der Waals surface area contributed by atoms with Crippen LogP contribution in [0.4, 0.5) is 0 Å². The van der Waals surface area contributed by atoms with Crippen LogP contribution in [-0.2, 0) is 4.18 Å². The highest BCUT2D eigenvalue weighted by molar-refractivity contribution is 8.30. The first-order valence-corrected chi connectivity index (χ1v) is 14.8. The van der Waals surface area contributed by atoms with Crippen molar-refractivity contribution >= 4 is 16.3 Å². The fraction of sp³-hybridized carbons (Fsp3) is 0.265. The molecule has 4 aromatic carbocycles. The Morgan fingerprint density at radius 1 is 0.579 bits per heavy atom. The van der Waals surface area contributed by atoms with Crippen molar-refractivity contribution in [1.29, 1.82) is 0 Å². The summed E-state index contributed by atoms with van der Waals surface area (Å²) in [7, 11) is -2.48. The van der Waals surface area contributed by atoms with Crippen LogP contribution in [0.3, 0.4) is 0 Å². The number of phenols is 1. The third-order valence-corrected chi connectivity index (χ3v) is 10.2. The molecule has 0 aliphatic carbocycles. The SMILES string of the molecule is CC(C)c1ccc(S(OC(=O)c2ccccc2O)(c2ccc(C(C)C)cc2)c2ccc(C(C)C)cc2)cc1. The highest BCUT2D eigenvalue weighted by Gasteiger charge is 2.37. The molecule has 0 aliphatic heterocycles. The molecule has 4 aromatic rings. The Labute approximate surface area is 229 Å². The Morgan fingerprint density at radius 3 is 1.24 bits per heavy atom. The van der Waals surface area contributed by atoms with E-state index in [1.165, 1.54) is 22.8 Å². The van der Waals surface area contributed by atoms with Crippen LogP contribution in [0.5, 0.6) is 5.75 Å². The van der Waals surface area contributed by atoms with Crippen molar-refractivity contribution in [3.63, 3.8) is 0 Å². The number of hydrogen-bond donors (Lipinski definition) is 1. The minimum Gasteiger partial charge on any atom is -0.507 e. The second-order valence-corrected chi connectivity index (χ2v) is 13.3. The Hall–Kier alpha value is -3.50. The van der Waals surface area contributed by atoms with Gasteiger partial charge in [-0.05, 0) is 93.3 Å². The zero-order valence-corrected chi connectivity index (χ0v) is 24.0. The summed E-state index contributed by atoms with van der Waals surface area (Å²) in [5.41, 5.74) is 3.82. The molecule has 0 radical (unpaired) electrons. The maximum Gasteiger partial charge on any atom is 0.353 e. The maximum absolute atomic E-state index is 13.8. The standard InChI is InChI=1S/C34H38O3S/c1-23(2)26-11-17-29(18-12-26)38(30-19-13-27(14-20-30)24(3)4,31-21-15-28(16-22-31)25(5)6)37-34(36)32-9-7-8-10-33(32)35/h7-25,35H,1-6H3. The van der Waals surface area contributed by atoms with Crippen molar-refractivity contribution in [1.82, 2.24) is 0 Å². The number of hydrogen-bond acceptors (Lipinski definition) is 3. The van der Waals surface area contributed by atoms with E-state index < -0.39 is 16.3 Å². The summed E-state index contributed by atoms with van der Waals surface area (Å²) in [6.45, 7) is 13.0. The summed E-state index contributed by atoms with van der Waals surface area (Å²) in [6, 6.07) is 31.9. The summed E-state index contributed by atoms with van der Waals surface area (Å²) in [6.07, 6.45) is 0. The average molecular weight is 527 g/mol. The lowest BCUT2D eigenvalue weighted by Gasteiger charge is -2.40. The Bertz CT molecular complexity index is 1240. The second kappa shape index (κ2) is 11.5. The number of carbonyl (C=O) groups is 1. The average Bonchev–Trinajstić information content (AvgIpc) is 2.92. The molecule has 0 bridgehead atoms. The normalized spacial score (nSPS) is 12.2. The third kappa shape index (κ3) is 5.51. The predicted octanol–water partition coefficient (Wildman–Crippen LogP) is 9.82. The Kier molecular flexibility index (Phi) is 8.32. The van der Waals surface area contributed by atoms with E-state index in [0.717, 1.165) is 14.7 Å². The maximum atomic E-state index is 13.8. The molecule has 0 saturated heterocycles. The van der Waals surface area contributed by atoms with Gasteiger partial charge in [0.25, 0.3) is 0 Å². The zero-order valence-electron chi connectivity index (χ0n) is 23.1. The largest absolute Gasteiger partial charge is 0.507 e. The zero-order chi connectivity index (χ0) is 27.4. The molecule has 0 spiro atoms. The number of benzene rings is 4. The molecule has 0 heterocycles. The highest BCUT2D eigenvalue weighted by atomic mass is 32.3. The van der Waals surface area contributed by atoms with Crippen molar-refractivity contribution in [3.05, 3.63) is 119 Å². The van der Waals surface area contributed by atoms with E-state index >= 15 is 0 Å². The van der Waals surface area contributed by atoms with Gasteiger partial charge in [-0.15, -0.1) is 0 Å². The van der Waals surface area contributed by atoms with Crippen molar-refractivity contribution in [2.45, 2.75) is 74.0 Å². The Morgan fingerprint density at radius 2 is 0.921 bits per heavy atom.